The normalized spacial score (nSPS) is 11.9. The fourth-order valence-electron chi connectivity index (χ4n) is 1.36. The van der Waals surface area contributed by atoms with Gasteiger partial charge in [-0.15, -0.1) is 0 Å². The molecule has 0 radical (unpaired) electrons. The average Bonchev–Trinajstić information content (AvgIpc) is 2.55. The molecule has 0 spiro atoms. The van der Waals surface area contributed by atoms with Gasteiger partial charge in [0.15, 0.2) is 0 Å². The van der Waals surface area contributed by atoms with E-state index in [2.05, 4.69) is 0 Å². The van der Waals surface area contributed by atoms with Gasteiger partial charge in [0.25, 0.3) is 0 Å². The second kappa shape index (κ2) is 11.2. The highest BCUT2D eigenvalue weighted by Gasteiger charge is 2.26. The van der Waals surface area contributed by atoms with Crippen LogP contribution in [0.1, 0.15) is 27.2 Å². The average molecular weight is 338 g/mol. The van der Waals surface area contributed by atoms with Crippen molar-refractivity contribution < 1.29 is 24.2 Å². The number of allylic oxidation sites excluding steroid dienone is 2. The fourth-order valence-corrected chi connectivity index (χ4v) is 1.36. The highest BCUT2D eigenvalue weighted by atomic mass is 16.6. The number of likely N-dealkylation sites (N-methyl/N-ethyl adjacent to an activating group) is 1. The molecule has 0 unspecified atom stereocenters. The Hall–Kier alpha value is -2.33. The molecule has 0 bridgehead atoms. The van der Waals surface area contributed by atoms with Crippen LogP contribution in [0, 0.1) is 16.7 Å². The Morgan fingerprint density at radius 2 is 1.92 bits per heavy atom. The lowest BCUT2D eigenvalue weighted by Crippen LogP contribution is -2.27. The van der Waals surface area contributed by atoms with Crippen molar-refractivity contribution in [3.63, 3.8) is 0 Å². The molecule has 0 aliphatic heterocycles. The number of aliphatic hydroxyl groups is 1. The van der Waals surface area contributed by atoms with E-state index in [1.54, 1.807) is 38.1 Å². The maximum atomic E-state index is 11.7. The van der Waals surface area contributed by atoms with Crippen molar-refractivity contribution in [3.8, 4) is 6.07 Å². The standard InChI is InChI=1S/C17H26N2O5/c1-5-17(2,3)16(22)24-12-11-23-15(21)14(13-18)7-6-8-19(4)9-10-20/h6-8,20H,5,9-12H2,1-4H3/b8-6+,14-7+. The molecule has 0 rings (SSSR count). The van der Waals surface area contributed by atoms with Gasteiger partial charge in [0, 0.05) is 13.6 Å². The van der Waals surface area contributed by atoms with E-state index < -0.39 is 11.4 Å². The van der Waals surface area contributed by atoms with Gasteiger partial charge >= 0.3 is 11.9 Å². The summed E-state index contributed by atoms with van der Waals surface area (Å²) >= 11 is 0. The Balaban J connectivity index is 4.34. The highest BCUT2D eigenvalue weighted by Crippen LogP contribution is 2.21. The van der Waals surface area contributed by atoms with Gasteiger partial charge in [-0.25, -0.2) is 4.79 Å². The molecule has 0 saturated carbocycles. The number of hydrogen-bond donors (Lipinski definition) is 1. The molecular formula is C17H26N2O5. The number of esters is 2. The summed E-state index contributed by atoms with van der Waals surface area (Å²) in [5.41, 5.74) is -0.739. The topological polar surface area (TPSA) is 99.9 Å². The molecule has 0 saturated heterocycles. The Morgan fingerprint density at radius 3 is 2.46 bits per heavy atom. The molecule has 134 valence electrons. The Kier molecular flexibility index (Phi) is 10.2. The molecular weight excluding hydrogens is 312 g/mol. The number of carbonyl (C=O) groups excluding carboxylic acids is 2. The first-order chi connectivity index (χ1) is 11.3. The number of carbonyl (C=O) groups is 2. The summed E-state index contributed by atoms with van der Waals surface area (Å²) in [5, 5.41) is 17.7. The van der Waals surface area contributed by atoms with Crippen LogP contribution in [0.15, 0.2) is 23.9 Å². The summed E-state index contributed by atoms with van der Waals surface area (Å²) < 4.78 is 9.94. The second-order valence-corrected chi connectivity index (χ2v) is 5.75. The maximum absolute atomic E-state index is 11.7. The van der Waals surface area contributed by atoms with Crippen LogP contribution in [0.3, 0.4) is 0 Å². The molecule has 0 amide bonds. The molecule has 7 heteroatoms. The summed E-state index contributed by atoms with van der Waals surface area (Å²) in [6.07, 6.45) is 5.10. The van der Waals surface area contributed by atoms with Crippen LogP contribution in [0.25, 0.3) is 0 Å². The van der Waals surface area contributed by atoms with E-state index in [0.717, 1.165) is 0 Å². The largest absolute Gasteiger partial charge is 0.462 e. The molecule has 0 heterocycles. The molecule has 0 aromatic heterocycles. The van der Waals surface area contributed by atoms with Crippen molar-refractivity contribution in [1.82, 2.24) is 4.90 Å². The number of hydrogen-bond acceptors (Lipinski definition) is 7. The molecule has 24 heavy (non-hydrogen) atoms. The molecule has 0 aliphatic rings. The zero-order valence-corrected chi connectivity index (χ0v) is 14.7. The predicted octanol–water partition coefficient (Wildman–Crippen LogP) is 1.40. The van der Waals surface area contributed by atoms with Crippen LogP contribution in [0.5, 0.6) is 0 Å². The molecule has 0 aromatic carbocycles. The highest BCUT2D eigenvalue weighted by molar-refractivity contribution is 5.93. The van der Waals surface area contributed by atoms with Gasteiger partial charge < -0.3 is 19.5 Å². The molecule has 0 aliphatic carbocycles. The van der Waals surface area contributed by atoms with E-state index in [9.17, 15) is 9.59 Å². The summed E-state index contributed by atoms with van der Waals surface area (Å²) in [5.74, 6) is -1.13. The smallest absolute Gasteiger partial charge is 0.349 e. The summed E-state index contributed by atoms with van der Waals surface area (Å²) in [4.78, 5) is 25.2. The summed E-state index contributed by atoms with van der Waals surface area (Å²) in [6.45, 7) is 5.72. The van der Waals surface area contributed by atoms with Crippen molar-refractivity contribution in [2.75, 3.05) is 33.4 Å². The zero-order valence-electron chi connectivity index (χ0n) is 14.7. The SMILES string of the molecule is CCC(C)(C)C(=O)OCCOC(=O)/C(C#N)=C/C=C/N(C)CCO. The number of rotatable bonds is 10. The first kappa shape index (κ1) is 21.7. The first-order valence-corrected chi connectivity index (χ1v) is 7.72. The minimum Gasteiger partial charge on any atom is -0.462 e. The van der Waals surface area contributed by atoms with Gasteiger partial charge in [-0.1, -0.05) is 6.92 Å². The first-order valence-electron chi connectivity index (χ1n) is 7.72. The van der Waals surface area contributed by atoms with Gasteiger partial charge in [-0.2, -0.15) is 5.26 Å². The number of aliphatic hydroxyl groups excluding tert-OH is 1. The van der Waals surface area contributed by atoms with E-state index in [-0.39, 0.29) is 31.4 Å². The molecule has 0 fully saturated rings. The van der Waals surface area contributed by atoms with Crippen LogP contribution in [-0.2, 0) is 19.1 Å². The maximum Gasteiger partial charge on any atom is 0.349 e. The molecule has 7 nitrogen and oxygen atoms in total. The summed E-state index contributed by atoms with van der Waals surface area (Å²) in [7, 11) is 1.75. The van der Waals surface area contributed by atoms with E-state index in [1.165, 1.54) is 12.2 Å². The second-order valence-electron chi connectivity index (χ2n) is 5.75. The third-order valence-electron chi connectivity index (χ3n) is 3.38. The van der Waals surface area contributed by atoms with Crippen molar-refractivity contribution in [2.24, 2.45) is 5.41 Å². The lowest BCUT2D eigenvalue weighted by molar-refractivity contribution is -0.158. The lowest BCUT2D eigenvalue weighted by Gasteiger charge is -2.20. The van der Waals surface area contributed by atoms with Crippen LogP contribution >= 0.6 is 0 Å². The third kappa shape index (κ3) is 8.34. The van der Waals surface area contributed by atoms with E-state index in [1.807, 2.05) is 6.92 Å². The number of nitriles is 1. The van der Waals surface area contributed by atoms with Gasteiger partial charge in [0.2, 0.25) is 0 Å². The third-order valence-corrected chi connectivity index (χ3v) is 3.38. The fraction of sp³-hybridized carbons (Fsp3) is 0.588. The quantitative estimate of drug-likeness (QED) is 0.211. The van der Waals surface area contributed by atoms with Crippen molar-refractivity contribution in [2.45, 2.75) is 27.2 Å². The van der Waals surface area contributed by atoms with Crippen LogP contribution in [0.4, 0.5) is 0 Å². The van der Waals surface area contributed by atoms with E-state index in [0.29, 0.717) is 13.0 Å². The van der Waals surface area contributed by atoms with Gasteiger partial charge in [-0.3, -0.25) is 4.79 Å². The van der Waals surface area contributed by atoms with Gasteiger partial charge in [0.05, 0.1) is 12.0 Å². The summed E-state index contributed by atoms with van der Waals surface area (Å²) in [6, 6.07) is 1.75. The minimum absolute atomic E-state index is 0.00522. The number of ether oxygens (including phenoxy) is 2. The molecule has 0 atom stereocenters. The molecule has 0 aromatic rings. The van der Waals surface area contributed by atoms with Crippen LogP contribution < -0.4 is 0 Å². The lowest BCUT2D eigenvalue weighted by atomic mass is 9.91. The van der Waals surface area contributed by atoms with Gasteiger partial charge in [0.1, 0.15) is 24.9 Å². The zero-order chi connectivity index (χ0) is 18.6. The Bertz CT molecular complexity index is 518. The predicted molar refractivity (Wildman–Crippen MR) is 88.5 cm³/mol. The van der Waals surface area contributed by atoms with Crippen LogP contribution in [0.2, 0.25) is 0 Å². The van der Waals surface area contributed by atoms with Crippen LogP contribution in [-0.4, -0.2) is 55.4 Å². The Morgan fingerprint density at radius 1 is 1.29 bits per heavy atom. The van der Waals surface area contributed by atoms with Crippen molar-refractivity contribution in [1.29, 1.82) is 5.26 Å². The van der Waals surface area contributed by atoms with E-state index in [4.69, 9.17) is 19.8 Å². The van der Waals surface area contributed by atoms with Crippen molar-refractivity contribution >= 4 is 11.9 Å². The monoisotopic (exact) mass is 338 g/mol. The van der Waals surface area contributed by atoms with Gasteiger partial charge in [-0.05, 0) is 38.6 Å². The molecule has 1 N–H and O–H groups in total. The van der Waals surface area contributed by atoms with Crippen molar-refractivity contribution in [3.05, 3.63) is 23.9 Å². The van der Waals surface area contributed by atoms with E-state index >= 15 is 0 Å². The Labute approximate surface area is 143 Å². The minimum atomic E-state index is -0.780. The number of nitrogens with zero attached hydrogens (tertiary/aromatic N) is 2.